The molecule has 14 rings (SSSR count). The number of benzene rings is 8. The molecule has 9 aromatic rings. The normalized spacial score (nSPS) is 22.1. The molecule has 0 N–H and O–H groups in total. The van der Waals surface area contributed by atoms with Crippen LogP contribution in [0.5, 0.6) is 0 Å². The minimum Gasteiger partial charge on any atom is -0.456 e. The van der Waals surface area contributed by atoms with E-state index in [1.165, 1.54) is 82.3 Å². The van der Waals surface area contributed by atoms with E-state index >= 15 is 0 Å². The van der Waals surface area contributed by atoms with Crippen molar-refractivity contribution in [1.29, 1.82) is 0 Å². The van der Waals surface area contributed by atoms with Crippen molar-refractivity contribution >= 4 is 39.0 Å². The Kier molecular flexibility index (Phi) is 7.52. The number of anilines is 3. The SMILES string of the molecule is c1ccc(-c2ccccc2-c2ccccc2-c2ccccc2N(c2ccc3c(c2)C2(c4ccccc4-3)C3CC4CC(C3)CC2C4)c2ccc3c(c2)oc2ccccc23)cc1. The summed E-state index contributed by atoms with van der Waals surface area (Å²) in [7, 11) is 0. The van der Waals surface area contributed by atoms with Crippen LogP contribution in [0.3, 0.4) is 0 Å². The van der Waals surface area contributed by atoms with Gasteiger partial charge < -0.3 is 9.32 Å². The molecule has 0 atom stereocenters. The van der Waals surface area contributed by atoms with Crippen molar-refractivity contribution in [2.24, 2.45) is 23.7 Å². The van der Waals surface area contributed by atoms with Crippen LogP contribution in [-0.4, -0.2) is 0 Å². The molecule has 1 spiro atoms. The Morgan fingerprint density at radius 1 is 0.383 bits per heavy atom. The van der Waals surface area contributed by atoms with Crippen molar-refractivity contribution in [3.05, 3.63) is 199 Å². The summed E-state index contributed by atoms with van der Waals surface area (Å²) in [5.41, 5.74) is 18.6. The molecular weight excluding hydrogens is 727 g/mol. The van der Waals surface area contributed by atoms with Gasteiger partial charge in [-0.15, -0.1) is 0 Å². The number of hydrogen-bond acceptors (Lipinski definition) is 2. The van der Waals surface area contributed by atoms with Crippen LogP contribution in [0.4, 0.5) is 17.1 Å². The summed E-state index contributed by atoms with van der Waals surface area (Å²) in [6.07, 6.45) is 6.90. The van der Waals surface area contributed by atoms with Gasteiger partial charge in [0.1, 0.15) is 11.2 Å². The predicted molar refractivity (Wildman–Crippen MR) is 248 cm³/mol. The van der Waals surface area contributed by atoms with E-state index in [1.54, 1.807) is 11.1 Å². The molecule has 4 fully saturated rings. The largest absolute Gasteiger partial charge is 0.456 e. The molecule has 8 aromatic carbocycles. The minimum absolute atomic E-state index is 0.0665. The zero-order valence-corrected chi connectivity index (χ0v) is 33.6. The van der Waals surface area contributed by atoms with Crippen LogP contribution in [0.2, 0.25) is 0 Å². The quantitative estimate of drug-likeness (QED) is 0.167. The fourth-order valence-corrected chi connectivity index (χ4v) is 13.0. The molecule has 0 radical (unpaired) electrons. The second kappa shape index (κ2) is 13.2. The fourth-order valence-electron chi connectivity index (χ4n) is 13.0. The summed E-state index contributed by atoms with van der Waals surface area (Å²) in [6, 6.07) is 69.8. The van der Waals surface area contributed by atoms with Crippen LogP contribution >= 0.6 is 0 Å². The molecule has 5 aliphatic carbocycles. The lowest BCUT2D eigenvalue weighted by Crippen LogP contribution is -2.55. The molecule has 4 saturated carbocycles. The zero-order valence-electron chi connectivity index (χ0n) is 33.6. The van der Waals surface area contributed by atoms with Gasteiger partial charge in [0.05, 0.1) is 5.69 Å². The first-order chi connectivity index (χ1) is 29.7. The van der Waals surface area contributed by atoms with Crippen molar-refractivity contribution in [3.63, 3.8) is 0 Å². The monoisotopic (exact) mass is 771 g/mol. The van der Waals surface area contributed by atoms with Crippen molar-refractivity contribution in [2.75, 3.05) is 4.90 Å². The molecule has 1 aromatic heterocycles. The van der Waals surface area contributed by atoms with Crippen LogP contribution in [0.15, 0.2) is 192 Å². The third-order valence-electron chi connectivity index (χ3n) is 15.1. The maximum atomic E-state index is 6.61. The Labute approximate surface area is 351 Å². The molecule has 5 aliphatic rings. The van der Waals surface area contributed by atoms with Gasteiger partial charge in [0, 0.05) is 39.2 Å². The highest BCUT2D eigenvalue weighted by atomic mass is 16.3. The molecule has 0 aliphatic heterocycles. The van der Waals surface area contributed by atoms with E-state index in [9.17, 15) is 0 Å². The zero-order chi connectivity index (χ0) is 39.4. The van der Waals surface area contributed by atoms with Gasteiger partial charge in [0.15, 0.2) is 0 Å². The number of para-hydroxylation sites is 2. The Morgan fingerprint density at radius 2 is 0.917 bits per heavy atom. The van der Waals surface area contributed by atoms with E-state index in [4.69, 9.17) is 4.42 Å². The fraction of sp³-hybridized carbons (Fsp3) is 0.172. The topological polar surface area (TPSA) is 16.4 Å². The molecule has 0 unspecified atom stereocenters. The first-order valence-corrected chi connectivity index (χ1v) is 22.0. The Hall–Kier alpha value is -6.64. The molecule has 0 saturated heterocycles. The van der Waals surface area contributed by atoms with Gasteiger partial charge in [-0.25, -0.2) is 0 Å². The minimum atomic E-state index is 0.0665. The van der Waals surface area contributed by atoms with E-state index in [-0.39, 0.29) is 5.41 Å². The van der Waals surface area contributed by atoms with Gasteiger partial charge in [-0.1, -0.05) is 146 Å². The van der Waals surface area contributed by atoms with E-state index in [0.29, 0.717) is 11.8 Å². The van der Waals surface area contributed by atoms with E-state index in [0.717, 1.165) is 45.1 Å². The Bertz CT molecular complexity index is 3110. The smallest absolute Gasteiger partial charge is 0.137 e. The summed E-state index contributed by atoms with van der Waals surface area (Å²) in [5, 5.41) is 2.29. The number of furan rings is 1. The van der Waals surface area contributed by atoms with Crippen molar-refractivity contribution < 1.29 is 4.42 Å². The van der Waals surface area contributed by atoms with Crippen LogP contribution in [0.25, 0.3) is 66.4 Å². The van der Waals surface area contributed by atoms with Crippen LogP contribution < -0.4 is 4.90 Å². The third kappa shape index (κ3) is 4.94. The maximum absolute atomic E-state index is 6.61. The lowest BCUT2D eigenvalue weighted by molar-refractivity contribution is -0.0399. The number of rotatable bonds is 6. The lowest BCUT2D eigenvalue weighted by atomic mass is 9.43. The standard InChI is InChI=1S/C58H45NO/c1-2-14-39(15-3-1)44-16-4-5-17-45(44)46-18-6-7-19-47(46)50-21-9-12-24-55(50)59(43-27-29-52-51-22-10-13-25-56(51)60-57(52)36-43)42-26-28-49-48-20-8-11-23-53(48)58(54(49)35-42)40-31-37-30-38(33-40)34-41(58)32-37/h1-29,35-38,40-41H,30-34H2. The lowest BCUT2D eigenvalue weighted by Gasteiger charge is -2.61. The number of fused-ring (bicyclic) bond motifs is 6. The summed E-state index contributed by atoms with van der Waals surface area (Å²) < 4.78 is 6.61. The van der Waals surface area contributed by atoms with E-state index < -0.39 is 0 Å². The summed E-state index contributed by atoms with van der Waals surface area (Å²) in [6.45, 7) is 0. The average Bonchev–Trinajstić information content (AvgIpc) is 3.82. The molecule has 2 heteroatoms. The van der Waals surface area contributed by atoms with E-state index in [2.05, 4.69) is 193 Å². The highest BCUT2D eigenvalue weighted by Gasteiger charge is 2.61. The molecule has 1 heterocycles. The first kappa shape index (κ1) is 34.2. The predicted octanol–water partition coefficient (Wildman–Crippen LogP) is 15.8. The maximum Gasteiger partial charge on any atom is 0.137 e. The van der Waals surface area contributed by atoms with Crippen molar-refractivity contribution in [3.8, 4) is 44.5 Å². The Morgan fingerprint density at radius 3 is 1.68 bits per heavy atom. The molecule has 0 amide bonds. The van der Waals surface area contributed by atoms with Crippen molar-refractivity contribution in [1.82, 2.24) is 0 Å². The summed E-state index contributed by atoms with van der Waals surface area (Å²) in [4.78, 5) is 2.52. The van der Waals surface area contributed by atoms with Gasteiger partial charge in [-0.3, -0.25) is 0 Å². The number of hydrogen-bond donors (Lipinski definition) is 0. The number of nitrogens with zero attached hydrogens (tertiary/aromatic N) is 1. The van der Waals surface area contributed by atoms with Crippen LogP contribution in [-0.2, 0) is 5.41 Å². The van der Waals surface area contributed by atoms with Crippen molar-refractivity contribution in [2.45, 2.75) is 37.5 Å². The molecule has 288 valence electrons. The molecule has 60 heavy (non-hydrogen) atoms. The highest BCUT2D eigenvalue weighted by Crippen LogP contribution is 2.69. The molecule has 4 bridgehead atoms. The summed E-state index contributed by atoms with van der Waals surface area (Å²) >= 11 is 0. The second-order valence-electron chi connectivity index (χ2n) is 18.0. The Balaban J connectivity index is 1.04. The average molecular weight is 772 g/mol. The van der Waals surface area contributed by atoms with Gasteiger partial charge in [-0.05, 0) is 142 Å². The first-order valence-electron chi connectivity index (χ1n) is 22.0. The van der Waals surface area contributed by atoms with Gasteiger partial charge in [0.25, 0.3) is 0 Å². The van der Waals surface area contributed by atoms with Gasteiger partial charge in [-0.2, -0.15) is 0 Å². The van der Waals surface area contributed by atoms with Gasteiger partial charge >= 0.3 is 0 Å². The highest BCUT2D eigenvalue weighted by molar-refractivity contribution is 6.06. The second-order valence-corrected chi connectivity index (χ2v) is 18.0. The molecular formula is C58H45NO. The summed E-state index contributed by atoms with van der Waals surface area (Å²) in [5.74, 6) is 3.17. The van der Waals surface area contributed by atoms with Gasteiger partial charge in [0.2, 0.25) is 0 Å². The van der Waals surface area contributed by atoms with E-state index in [1.807, 2.05) is 0 Å². The third-order valence-corrected chi connectivity index (χ3v) is 15.1. The van der Waals surface area contributed by atoms with Crippen LogP contribution in [0.1, 0.15) is 43.2 Å². The van der Waals surface area contributed by atoms with Crippen LogP contribution in [0, 0.1) is 23.7 Å². The molecule has 2 nitrogen and oxygen atoms in total.